The smallest absolute Gasteiger partial charge is 0.219 e. The van der Waals surface area contributed by atoms with E-state index in [1.54, 1.807) is 6.92 Å². The number of carbonyl (C=O) groups excluding carboxylic acids is 1. The fraction of sp³-hybridized carbons (Fsp3) is 0.696. The molecular formula is C23H38N2O3. The van der Waals surface area contributed by atoms with Crippen LogP contribution in [-0.4, -0.2) is 66.2 Å². The maximum atomic E-state index is 11.4. The lowest BCUT2D eigenvalue weighted by Gasteiger charge is -2.35. The molecule has 28 heavy (non-hydrogen) atoms. The van der Waals surface area contributed by atoms with Crippen molar-refractivity contribution in [1.82, 2.24) is 9.80 Å². The molecule has 0 radical (unpaired) electrons. The minimum atomic E-state index is -0.541. The van der Waals surface area contributed by atoms with Gasteiger partial charge in [0, 0.05) is 39.6 Å². The van der Waals surface area contributed by atoms with Crippen LogP contribution in [0, 0.1) is 5.41 Å². The average Bonchev–Trinajstić information content (AvgIpc) is 2.59. The molecule has 1 heterocycles. The molecule has 0 bridgehead atoms. The molecule has 1 aromatic rings. The fourth-order valence-corrected chi connectivity index (χ4v) is 4.22. The Hall–Kier alpha value is -1.59. The summed E-state index contributed by atoms with van der Waals surface area (Å²) in [7, 11) is 0. The second kappa shape index (κ2) is 9.27. The second-order valence-corrected chi connectivity index (χ2v) is 9.92. The number of hydrogen-bond acceptors (Lipinski definition) is 4. The predicted octanol–water partition coefficient (Wildman–Crippen LogP) is 3.30. The number of carbonyl (C=O) groups is 1. The van der Waals surface area contributed by atoms with Crippen LogP contribution in [0.1, 0.15) is 53.5 Å². The van der Waals surface area contributed by atoms with Gasteiger partial charge >= 0.3 is 0 Å². The zero-order valence-electron chi connectivity index (χ0n) is 18.5. The third-order valence-corrected chi connectivity index (χ3v) is 5.34. The summed E-state index contributed by atoms with van der Waals surface area (Å²) in [5.41, 5.74) is 1.69. The maximum Gasteiger partial charge on any atom is 0.219 e. The van der Waals surface area contributed by atoms with Gasteiger partial charge in [-0.2, -0.15) is 0 Å². The van der Waals surface area contributed by atoms with Gasteiger partial charge in [-0.25, -0.2) is 0 Å². The molecule has 158 valence electrons. The zero-order chi connectivity index (χ0) is 20.9. The molecule has 2 rings (SSSR count). The molecule has 1 amide bonds. The topological polar surface area (TPSA) is 53.0 Å². The van der Waals surface area contributed by atoms with Crippen molar-refractivity contribution in [3.63, 3.8) is 0 Å². The van der Waals surface area contributed by atoms with E-state index < -0.39 is 6.10 Å². The Kier molecular flexibility index (Phi) is 7.52. The van der Waals surface area contributed by atoms with Crippen molar-refractivity contribution in [3.05, 3.63) is 29.8 Å². The van der Waals surface area contributed by atoms with Crippen molar-refractivity contribution >= 4 is 5.91 Å². The summed E-state index contributed by atoms with van der Waals surface area (Å²) in [5, 5.41) is 10.3. The van der Waals surface area contributed by atoms with E-state index in [-0.39, 0.29) is 23.3 Å². The Morgan fingerprint density at radius 2 is 1.64 bits per heavy atom. The second-order valence-electron chi connectivity index (χ2n) is 9.92. The van der Waals surface area contributed by atoms with Crippen LogP contribution in [0.5, 0.6) is 5.75 Å². The van der Waals surface area contributed by atoms with E-state index in [0.29, 0.717) is 6.54 Å². The molecule has 1 aliphatic heterocycles. The summed E-state index contributed by atoms with van der Waals surface area (Å²) < 4.78 is 5.80. The van der Waals surface area contributed by atoms with Gasteiger partial charge in [0.15, 0.2) is 0 Å². The monoisotopic (exact) mass is 390 g/mol. The number of aliphatic hydroxyl groups excluding tert-OH is 1. The van der Waals surface area contributed by atoms with Crippen LogP contribution in [0.2, 0.25) is 0 Å². The van der Waals surface area contributed by atoms with Gasteiger partial charge in [-0.05, 0) is 34.9 Å². The minimum absolute atomic E-state index is 0.109. The third-order valence-electron chi connectivity index (χ3n) is 5.34. The summed E-state index contributed by atoms with van der Waals surface area (Å²) in [6.45, 7) is 16.9. The molecule has 1 N–H and O–H groups in total. The van der Waals surface area contributed by atoms with E-state index in [1.807, 2.05) is 17.0 Å². The molecule has 0 aliphatic carbocycles. The number of ether oxygens (including phenoxy) is 1. The van der Waals surface area contributed by atoms with Gasteiger partial charge in [-0.1, -0.05) is 46.8 Å². The molecule has 1 saturated heterocycles. The van der Waals surface area contributed by atoms with Gasteiger partial charge in [0.2, 0.25) is 5.91 Å². The lowest BCUT2D eigenvalue weighted by atomic mass is 9.72. The van der Waals surface area contributed by atoms with Crippen molar-refractivity contribution in [3.8, 4) is 5.75 Å². The number of nitrogens with zero attached hydrogens (tertiary/aromatic N) is 2. The number of rotatable bonds is 7. The van der Waals surface area contributed by atoms with Gasteiger partial charge in [-0.15, -0.1) is 0 Å². The first-order valence-electron chi connectivity index (χ1n) is 10.4. The molecule has 0 spiro atoms. The molecule has 0 aromatic heterocycles. The molecule has 1 atom stereocenters. The van der Waals surface area contributed by atoms with Crippen LogP contribution in [-0.2, 0) is 10.2 Å². The lowest BCUT2D eigenvalue weighted by molar-refractivity contribution is -0.130. The molecule has 1 aliphatic rings. The zero-order valence-corrected chi connectivity index (χ0v) is 18.5. The summed E-state index contributed by atoms with van der Waals surface area (Å²) in [4.78, 5) is 15.4. The highest BCUT2D eigenvalue weighted by molar-refractivity contribution is 5.73. The lowest BCUT2D eigenvalue weighted by Crippen LogP contribution is -2.50. The van der Waals surface area contributed by atoms with E-state index in [4.69, 9.17) is 4.74 Å². The van der Waals surface area contributed by atoms with E-state index >= 15 is 0 Å². The first kappa shape index (κ1) is 22.7. The van der Waals surface area contributed by atoms with E-state index in [2.05, 4.69) is 51.7 Å². The highest BCUT2D eigenvalue weighted by atomic mass is 16.5. The number of β-amino-alcohol motifs (C(OH)–C–C–N with tert-alkyl or cyclic N) is 1. The largest absolute Gasteiger partial charge is 0.491 e. The van der Waals surface area contributed by atoms with Crippen LogP contribution in [0.25, 0.3) is 0 Å². The van der Waals surface area contributed by atoms with Crippen LogP contribution < -0.4 is 4.74 Å². The highest BCUT2D eigenvalue weighted by Gasteiger charge is 2.27. The molecule has 0 unspecified atom stereocenters. The Morgan fingerprint density at radius 1 is 1.07 bits per heavy atom. The SMILES string of the molecule is CC(=O)N1CCN(C[C@H](O)COc2ccc(C(C)(C)CC(C)(C)C)cc2)CC1. The van der Waals surface area contributed by atoms with Crippen LogP contribution in [0.3, 0.4) is 0 Å². The van der Waals surface area contributed by atoms with Gasteiger partial charge in [0.25, 0.3) is 0 Å². The highest BCUT2D eigenvalue weighted by Crippen LogP contribution is 2.36. The Morgan fingerprint density at radius 3 is 2.14 bits per heavy atom. The van der Waals surface area contributed by atoms with Crippen molar-refractivity contribution < 1.29 is 14.6 Å². The summed E-state index contributed by atoms with van der Waals surface area (Å²) in [6.07, 6.45) is 0.566. The molecule has 0 saturated carbocycles. The molecule has 5 heteroatoms. The fourth-order valence-electron chi connectivity index (χ4n) is 4.22. The Labute approximate surface area is 170 Å². The summed E-state index contributed by atoms with van der Waals surface area (Å²) >= 11 is 0. The van der Waals surface area contributed by atoms with Crippen LogP contribution in [0.4, 0.5) is 0 Å². The Bertz CT molecular complexity index is 626. The number of amides is 1. The first-order chi connectivity index (χ1) is 13.0. The molecule has 1 aromatic carbocycles. The number of benzene rings is 1. The molecular weight excluding hydrogens is 352 g/mol. The Balaban J connectivity index is 1.79. The summed E-state index contributed by atoms with van der Waals surface area (Å²) in [6, 6.07) is 8.26. The average molecular weight is 391 g/mol. The molecule has 5 nitrogen and oxygen atoms in total. The van der Waals surface area contributed by atoms with Gasteiger partial charge in [0.1, 0.15) is 18.5 Å². The van der Waals surface area contributed by atoms with Crippen LogP contribution >= 0.6 is 0 Å². The normalized spacial score (nSPS) is 17.5. The van der Waals surface area contributed by atoms with E-state index in [0.717, 1.165) is 38.3 Å². The van der Waals surface area contributed by atoms with Crippen molar-refractivity contribution in [1.29, 1.82) is 0 Å². The van der Waals surface area contributed by atoms with Crippen LogP contribution in [0.15, 0.2) is 24.3 Å². The van der Waals surface area contributed by atoms with Crippen molar-refractivity contribution in [2.75, 3.05) is 39.3 Å². The number of hydrogen-bond donors (Lipinski definition) is 1. The van der Waals surface area contributed by atoms with Crippen molar-refractivity contribution in [2.24, 2.45) is 5.41 Å². The van der Waals surface area contributed by atoms with E-state index in [9.17, 15) is 9.90 Å². The van der Waals surface area contributed by atoms with E-state index in [1.165, 1.54) is 5.56 Å². The quantitative estimate of drug-likeness (QED) is 0.776. The maximum absolute atomic E-state index is 11.4. The van der Waals surface area contributed by atoms with Gasteiger partial charge in [0.05, 0.1) is 0 Å². The van der Waals surface area contributed by atoms with Crippen molar-refractivity contribution in [2.45, 2.75) is 59.5 Å². The first-order valence-corrected chi connectivity index (χ1v) is 10.4. The third kappa shape index (κ3) is 7.10. The van der Waals surface area contributed by atoms with Gasteiger partial charge in [-0.3, -0.25) is 9.69 Å². The van der Waals surface area contributed by atoms with Gasteiger partial charge < -0.3 is 14.7 Å². The summed E-state index contributed by atoms with van der Waals surface area (Å²) in [5.74, 6) is 0.911. The molecule has 1 fully saturated rings. The number of piperazine rings is 1. The minimum Gasteiger partial charge on any atom is -0.491 e. The number of aliphatic hydroxyl groups is 1. The predicted molar refractivity (Wildman–Crippen MR) is 114 cm³/mol. The standard InChI is InChI=1S/C23H38N2O3/c1-18(26)25-13-11-24(12-14-25)15-20(27)16-28-21-9-7-19(8-10-21)23(5,6)17-22(2,3)4/h7-10,20,27H,11-17H2,1-6H3/t20-/m0/s1.